The summed E-state index contributed by atoms with van der Waals surface area (Å²) in [6.45, 7) is 7.02. The summed E-state index contributed by atoms with van der Waals surface area (Å²) in [6, 6.07) is 22.5. The van der Waals surface area contributed by atoms with Gasteiger partial charge in [0.1, 0.15) is 17.0 Å². The molecule has 4 rings (SSSR count). The highest BCUT2D eigenvalue weighted by atomic mass is 35.5. The molecule has 2 unspecified atom stereocenters. The molecule has 2 atom stereocenters. The maximum atomic E-state index is 13.5. The molecule has 0 bridgehead atoms. The van der Waals surface area contributed by atoms with Gasteiger partial charge in [-0.25, -0.2) is 8.51 Å². The van der Waals surface area contributed by atoms with Crippen LogP contribution in [0, 0.1) is 0 Å². The largest absolute Gasteiger partial charge is 0.351 e. The number of piperazine rings is 1. The number of benzene rings is 3. The first kappa shape index (κ1) is 27.0. The van der Waals surface area contributed by atoms with Gasteiger partial charge in [-0.2, -0.15) is 0 Å². The standard InChI is InChI=1S/C29H32ClN3O3S/c1-20(2)23-11-13-27(14-12-23)37(36)33-16-15-32(21(3)34)19-28(33)29(35)31-18-22-7-9-24(10-8-22)25-5-4-6-26(30)17-25/h4-14,17,20,28H,15-16,18-19H2,1-3H3,(H,31,35). The van der Waals surface area contributed by atoms with E-state index in [-0.39, 0.29) is 18.4 Å². The molecule has 8 heteroatoms. The first-order valence-corrected chi connectivity index (χ1v) is 13.9. The number of nitrogens with zero attached hydrogens (tertiary/aromatic N) is 2. The van der Waals surface area contributed by atoms with E-state index in [0.717, 1.165) is 22.3 Å². The lowest BCUT2D eigenvalue weighted by molar-refractivity contribution is -0.134. The van der Waals surface area contributed by atoms with Crippen LogP contribution in [0.4, 0.5) is 0 Å². The number of hydrogen-bond donors (Lipinski definition) is 1. The van der Waals surface area contributed by atoms with Crippen LogP contribution in [0.1, 0.15) is 37.8 Å². The number of amides is 2. The smallest absolute Gasteiger partial charge is 0.240 e. The normalized spacial score (nSPS) is 17.0. The Labute approximate surface area is 226 Å². The molecule has 6 nitrogen and oxygen atoms in total. The summed E-state index contributed by atoms with van der Waals surface area (Å²) in [4.78, 5) is 27.7. The van der Waals surface area contributed by atoms with Crippen LogP contribution in [0.2, 0.25) is 5.02 Å². The van der Waals surface area contributed by atoms with Crippen molar-refractivity contribution >= 4 is 34.4 Å². The highest BCUT2D eigenvalue weighted by Crippen LogP contribution is 2.24. The van der Waals surface area contributed by atoms with Crippen LogP contribution in [-0.2, 0) is 27.1 Å². The second-order valence-electron chi connectivity index (χ2n) is 9.52. The van der Waals surface area contributed by atoms with Crippen molar-refractivity contribution in [2.24, 2.45) is 0 Å². The van der Waals surface area contributed by atoms with Crippen molar-refractivity contribution in [3.63, 3.8) is 0 Å². The fraction of sp³-hybridized carbons (Fsp3) is 0.310. The van der Waals surface area contributed by atoms with Crippen LogP contribution in [0.15, 0.2) is 77.7 Å². The molecule has 1 aliphatic heterocycles. The molecule has 3 aromatic carbocycles. The van der Waals surface area contributed by atoms with E-state index in [0.29, 0.717) is 35.5 Å². The van der Waals surface area contributed by atoms with E-state index < -0.39 is 17.0 Å². The Morgan fingerprint density at radius 3 is 2.32 bits per heavy atom. The number of hydrogen-bond acceptors (Lipinski definition) is 3. The third kappa shape index (κ3) is 6.66. The van der Waals surface area contributed by atoms with Gasteiger partial charge in [-0.15, -0.1) is 0 Å². The molecular formula is C29H32ClN3O3S. The molecule has 0 aliphatic carbocycles. The summed E-state index contributed by atoms with van der Waals surface area (Å²) < 4.78 is 15.2. The Bertz CT molecular complexity index is 1280. The lowest BCUT2D eigenvalue weighted by Crippen LogP contribution is -2.59. The number of halogens is 1. The molecule has 0 radical (unpaired) electrons. The summed E-state index contributed by atoms with van der Waals surface area (Å²) in [5.41, 5.74) is 4.16. The summed E-state index contributed by atoms with van der Waals surface area (Å²) in [5, 5.41) is 3.66. The van der Waals surface area contributed by atoms with Crippen LogP contribution in [-0.4, -0.2) is 50.9 Å². The highest BCUT2D eigenvalue weighted by Gasteiger charge is 2.37. The van der Waals surface area contributed by atoms with Gasteiger partial charge in [0.2, 0.25) is 11.8 Å². The van der Waals surface area contributed by atoms with E-state index in [4.69, 9.17) is 11.6 Å². The van der Waals surface area contributed by atoms with Crippen LogP contribution in [0.25, 0.3) is 11.1 Å². The molecule has 194 valence electrons. The monoisotopic (exact) mass is 537 g/mol. The molecule has 1 aliphatic rings. The number of rotatable bonds is 7. The maximum absolute atomic E-state index is 13.5. The lowest BCUT2D eigenvalue weighted by atomic mass is 10.0. The van der Waals surface area contributed by atoms with Crippen molar-refractivity contribution in [1.82, 2.24) is 14.5 Å². The number of nitrogens with one attached hydrogen (secondary N) is 1. The first-order valence-electron chi connectivity index (χ1n) is 12.4. The third-order valence-electron chi connectivity index (χ3n) is 6.62. The topological polar surface area (TPSA) is 69.7 Å². The van der Waals surface area contributed by atoms with E-state index in [9.17, 15) is 13.8 Å². The van der Waals surface area contributed by atoms with Crippen LogP contribution in [0.5, 0.6) is 0 Å². The van der Waals surface area contributed by atoms with E-state index in [2.05, 4.69) is 19.2 Å². The lowest BCUT2D eigenvalue weighted by Gasteiger charge is -2.39. The van der Waals surface area contributed by atoms with Gasteiger partial charge in [-0.3, -0.25) is 9.59 Å². The first-order chi connectivity index (χ1) is 17.7. The Balaban J connectivity index is 1.46. The van der Waals surface area contributed by atoms with Gasteiger partial charge >= 0.3 is 0 Å². The highest BCUT2D eigenvalue weighted by molar-refractivity contribution is 7.82. The molecule has 37 heavy (non-hydrogen) atoms. The molecule has 1 saturated heterocycles. The molecule has 0 spiro atoms. The summed E-state index contributed by atoms with van der Waals surface area (Å²) in [7, 11) is -1.52. The molecule has 1 fully saturated rings. The Hall–Kier alpha value is -3.00. The van der Waals surface area contributed by atoms with E-state index in [1.165, 1.54) is 6.92 Å². The second-order valence-corrected chi connectivity index (χ2v) is 11.4. The average molecular weight is 538 g/mol. The zero-order valence-corrected chi connectivity index (χ0v) is 22.9. The maximum Gasteiger partial charge on any atom is 0.240 e. The summed E-state index contributed by atoms with van der Waals surface area (Å²) in [5.74, 6) is 0.0258. The molecule has 3 aromatic rings. The molecule has 2 amide bonds. The van der Waals surface area contributed by atoms with Crippen molar-refractivity contribution in [1.29, 1.82) is 0 Å². The van der Waals surface area contributed by atoms with Gasteiger partial charge in [0.25, 0.3) is 0 Å². The van der Waals surface area contributed by atoms with Crippen LogP contribution in [0.3, 0.4) is 0 Å². The van der Waals surface area contributed by atoms with Gasteiger partial charge in [0.05, 0.1) is 4.90 Å². The van der Waals surface area contributed by atoms with Crippen molar-refractivity contribution in [2.75, 3.05) is 19.6 Å². The van der Waals surface area contributed by atoms with Crippen molar-refractivity contribution < 1.29 is 13.8 Å². The predicted molar refractivity (Wildman–Crippen MR) is 148 cm³/mol. The van der Waals surface area contributed by atoms with Gasteiger partial charge in [-0.05, 0) is 52.4 Å². The quantitative estimate of drug-likeness (QED) is 0.461. The molecule has 0 saturated carbocycles. The average Bonchev–Trinajstić information content (AvgIpc) is 2.91. The minimum absolute atomic E-state index is 0.0962. The Morgan fingerprint density at radius 1 is 1.00 bits per heavy atom. The predicted octanol–water partition coefficient (Wildman–Crippen LogP) is 5.00. The zero-order chi connectivity index (χ0) is 26.5. The fourth-order valence-corrected chi connectivity index (χ4v) is 5.83. The Morgan fingerprint density at radius 2 is 1.70 bits per heavy atom. The van der Waals surface area contributed by atoms with E-state index in [1.54, 1.807) is 9.21 Å². The van der Waals surface area contributed by atoms with Gasteiger partial charge in [0, 0.05) is 38.1 Å². The van der Waals surface area contributed by atoms with E-state index >= 15 is 0 Å². The minimum atomic E-state index is -1.52. The number of carbonyl (C=O) groups is 2. The minimum Gasteiger partial charge on any atom is -0.351 e. The molecule has 0 aromatic heterocycles. The molecule has 1 heterocycles. The van der Waals surface area contributed by atoms with E-state index in [1.807, 2.05) is 72.8 Å². The van der Waals surface area contributed by atoms with Crippen LogP contribution >= 0.6 is 11.6 Å². The van der Waals surface area contributed by atoms with Crippen molar-refractivity contribution in [2.45, 2.75) is 44.2 Å². The molecule has 1 N–H and O–H groups in total. The Kier molecular flexibility index (Phi) is 8.79. The second kappa shape index (κ2) is 12.0. The van der Waals surface area contributed by atoms with Crippen molar-refractivity contribution in [3.05, 3.63) is 88.9 Å². The van der Waals surface area contributed by atoms with Crippen LogP contribution < -0.4 is 5.32 Å². The SMILES string of the molecule is CC(=O)N1CCN(S(=O)c2ccc(C(C)C)cc2)C(C(=O)NCc2ccc(-c3cccc(Cl)c3)cc2)C1. The third-order valence-corrected chi connectivity index (χ3v) is 8.39. The summed E-state index contributed by atoms with van der Waals surface area (Å²) in [6.07, 6.45) is 0. The molecular weight excluding hydrogens is 506 g/mol. The fourth-order valence-electron chi connectivity index (χ4n) is 4.36. The van der Waals surface area contributed by atoms with Gasteiger partial charge in [0.15, 0.2) is 0 Å². The van der Waals surface area contributed by atoms with Gasteiger partial charge in [-0.1, -0.05) is 74.0 Å². The zero-order valence-electron chi connectivity index (χ0n) is 21.3. The van der Waals surface area contributed by atoms with Crippen molar-refractivity contribution in [3.8, 4) is 11.1 Å². The van der Waals surface area contributed by atoms with Gasteiger partial charge < -0.3 is 10.2 Å². The summed E-state index contributed by atoms with van der Waals surface area (Å²) >= 11 is 6.11. The number of carbonyl (C=O) groups excluding carboxylic acids is 2.